The number of ether oxygens (including phenoxy) is 1. The van der Waals surface area contributed by atoms with Gasteiger partial charge in [0.2, 0.25) is 11.8 Å². The van der Waals surface area contributed by atoms with Gasteiger partial charge < -0.3 is 20.3 Å². The molecule has 37 heavy (non-hydrogen) atoms. The molecule has 3 atom stereocenters. The molecule has 0 radical (unpaired) electrons. The Bertz CT molecular complexity index is 940. The predicted molar refractivity (Wildman–Crippen MR) is 146 cm³/mol. The molecule has 3 rings (SSSR count). The Hall–Kier alpha value is -2.57. The number of aryl methyl sites for hydroxylation is 2. The van der Waals surface area contributed by atoms with Crippen LogP contribution in [0.3, 0.4) is 0 Å². The molecule has 1 aromatic carbocycles. The fraction of sp³-hybridized carbons (Fsp3) is 0.700. The van der Waals surface area contributed by atoms with Gasteiger partial charge in [-0.1, -0.05) is 57.7 Å². The van der Waals surface area contributed by atoms with Crippen molar-refractivity contribution in [3.8, 4) is 0 Å². The fourth-order valence-electron chi connectivity index (χ4n) is 5.33. The molecule has 0 spiro atoms. The van der Waals surface area contributed by atoms with E-state index in [4.69, 9.17) is 4.74 Å². The van der Waals surface area contributed by atoms with E-state index in [-0.39, 0.29) is 29.8 Å². The lowest BCUT2D eigenvalue weighted by Crippen LogP contribution is -2.56. The van der Waals surface area contributed by atoms with Gasteiger partial charge in [-0.25, -0.2) is 4.79 Å². The first-order chi connectivity index (χ1) is 17.4. The Morgan fingerprint density at radius 1 is 1.03 bits per heavy atom. The molecule has 2 aliphatic carbocycles. The molecule has 0 heterocycles. The topological polar surface area (TPSA) is 87.7 Å². The van der Waals surface area contributed by atoms with Gasteiger partial charge in [-0.15, -0.1) is 0 Å². The number of alkyl carbamates (subject to hydrolysis) is 1. The minimum Gasteiger partial charge on any atom is -0.444 e. The average molecular weight is 514 g/mol. The van der Waals surface area contributed by atoms with E-state index in [2.05, 4.69) is 10.6 Å². The van der Waals surface area contributed by atoms with Crippen LogP contribution in [0.25, 0.3) is 0 Å². The molecule has 2 N–H and O–H groups in total. The van der Waals surface area contributed by atoms with Crippen LogP contribution in [0, 0.1) is 19.8 Å². The number of hydrogen-bond donors (Lipinski definition) is 2. The van der Waals surface area contributed by atoms with Crippen molar-refractivity contribution in [2.45, 2.75) is 130 Å². The molecule has 0 saturated heterocycles. The third-order valence-corrected chi connectivity index (χ3v) is 7.64. The van der Waals surface area contributed by atoms with Crippen LogP contribution in [0.1, 0.15) is 109 Å². The van der Waals surface area contributed by atoms with Crippen molar-refractivity contribution in [1.82, 2.24) is 15.5 Å². The summed E-state index contributed by atoms with van der Waals surface area (Å²) in [4.78, 5) is 42.9. The van der Waals surface area contributed by atoms with Gasteiger partial charge in [0.15, 0.2) is 0 Å². The first-order valence-corrected chi connectivity index (χ1v) is 14.1. The normalized spacial score (nSPS) is 18.9. The van der Waals surface area contributed by atoms with Gasteiger partial charge in [-0.3, -0.25) is 9.59 Å². The fourth-order valence-corrected chi connectivity index (χ4v) is 5.33. The van der Waals surface area contributed by atoms with Gasteiger partial charge in [0, 0.05) is 12.1 Å². The van der Waals surface area contributed by atoms with Crippen molar-refractivity contribution in [2.24, 2.45) is 5.92 Å². The summed E-state index contributed by atoms with van der Waals surface area (Å²) < 4.78 is 5.50. The van der Waals surface area contributed by atoms with E-state index in [0.29, 0.717) is 6.42 Å². The van der Waals surface area contributed by atoms with E-state index >= 15 is 0 Å². The summed E-state index contributed by atoms with van der Waals surface area (Å²) in [6.07, 6.45) is 7.15. The van der Waals surface area contributed by atoms with E-state index in [1.165, 1.54) is 6.42 Å². The zero-order valence-electron chi connectivity index (χ0n) is 23.9. The van der Waals surface area contributed by atoms with Gasteiger partial charge >= 0.3 is 6.09 Å². The summed E-state index contributed by atoms with van der Waals surface area (Å²) in [6.45, 7) is 13.4. The minimum absolute atomic E-state index is 0.0272. The molecule has 3 unspecified atom stereocenters. The second kappa shape index (κ2) is 12.3. The summed E-state index contributed by atoms with van der Waals surface area (Å²) in [5.74, 6) is -0.458. The third kappa shape index (κ3) is 7.71. The molecule has 7 nitrogen and oxygen atoms in total. The summed E-state index contributed by atoms with van der Waals surface area (Å²) in [6, 6.07) is 4.58. The van der Waals surface area contributed by atoms with Crippen molar-refractivity contribution in [1.29, 1.82) is 0 Å². The first-order valence-electron chi connectivity index (χ1n) is 14.1. The molecule has 0 aromatic heterocycles. The van der Waals surface area contributed by atoms with E-state index in [1.807, 2.05) is 45.9 Å². The maximum Gasteiger partial charge on any atom is 0.408 e. The summed E-state index contributed by atoms with van der Waals surface area (Å²) in [5, 5.41) is 6.16. The van der Waals surface area contributed by atoms with Crippen molar-refractivity contribution < 1.29 is 19.1 Å². The van der Waals surface area contributed by atoms with Crippen LogP contribution < -0.4 is 10.6 Å². The Labute approximate surface area is 223 Å². The van der Waals surface area contributed by atoms with Crippen LogP contribution >= 0.6 is 0 Å². The second-order valence-electron chi connectivity index (χ2n) is 12.0. The number of hydrogen-bond acceptors (Lipinski definition) is 4. The van der Waals surface area contributed by atoms with Crippen LogP contribution in [-0.2, 0) is 14.3 Å². The number of benzene rings is 1. The number of amides is 3. The van der Waals surface area contributed by atoms with Crippen molar-refractivity contribution >= 4 is 17.9 Å². The SMILES string of the molecule is CCC(C)C(NC(=O)OC(C)(C)C)C(=O)N(C1CC1)C(C(=O)NC1CCCCC1)c1c(C)cccc1C. The lowest BCUT2D eigenvalue weighted by molar-refractivity contribution is -0.144. The van der Waals surface area contributed by atoms with Gasteiger partial charge in [0.05, 0.1) is 0 Å². The van der Waals surface area contributed by atoms with Crippen LogP contribution in [-0.4, -0.2) is 46.5 Å². The highest BCUT2D eigenvalue weighted by molar-refractivity contribution is 5.93. The Morgan fingerprint density at radius 3 is 2.14 bits per heavy atom. The van der Waals surface area contributed by atoms with Crippen molar-refractivity contribution in [3.63, 3.8) is 0 Å². The highest BCUT2D eigenvalue weighted by atomic mass is 16.6. The number of rotatable bonds is 9. The predicted octanol–water partition coefficient (Wildman–Crippen LogP) is 5.72. The Kier molecular flexibility index (Phi) is 9.65. The lowest BCUT2D eigenvalue weighted by atomic mass is 9.90. The molecule has 2 saturated carbocycles. The molecule has 206 valence electrons. The molecular weight excluding hydrogens is 466 g/mol. The van der Waals surface area contributed by atoms with E-state index < -0.39 is 23.8 Å². The molecule has 1 aromatic rings. The number of nitrogens with zero attached hydrogens (tertiary/aromatic N) is 1. The van der Waals surface area contributed by atoms with E-state index in [1.54, 1.807) is 25.7 Å². The van der Waals surface area contributed by atoms with Crippen molar-refractivity contribution in [3.05, 3.63) is 34.9 Å². The Morgan fingerprint density at radius 2 is 1.62 bits per heavy atom. The molecular formula is C30H47N3O4. The smallest absolute Gasteiger partial charge is 0.408 e. The largest absolute Gasteiger partial charge is 0.444 e. The summed E-state index contributed by atoms with van der Waals surface area (Å²) in [7, 11) is 0. The number of nitrogens with one attached hydrogen (secondary N) is 2. The second-order valence-corrected chi connectivity index (χ2v) is 12.0. The average Bonchev–Trinajstić information content (AvgIpc) is 3.65. The maximum atomic E-state index is 14.3. The van der Waals surface area contributed by atoms with E-state index in [0.717, 1.165) is 55.2 Å². The first kappa shape index (κ1) is 29.0. The molecule has 2 fully saturated rings. The summed E-state index contributed by atoms with van der Waals surface area (Å²) >= 11 is 0. The van der Waals surface area contributed by atoms with Crippen LogP contribution in [0.5, 0.6) is 0 Å². The zero-order chi connectivity index (χ0) is 27.3. The summed E-state index contributed by atoms with van der Waals surface area (Å²) in [5.41, 5.74) is 2.19. The number of carbonyl (C=O) groups excluding carboxylic acids is 3. The molecule has 2 aliphatic rings. The maximum absolute atomic E-state index is 14.3. The highest BCUT2D eigenvalue weighted by Crippen LogP contribution is 2.38. The number of carbonyl (C=O) groups is 3. The molecule has 7 heteroatoms. The highest BCUT2D eigenvalue weighted by Gasteiger charge is 2.46. The third-order valence-electron chi connectivity index (χ3n) is 7.64. The van der Waals surface area contributed by atoms with E-state index in [9.17, 15) is 14.4 Å². The monoisotopic (exact) mass is 513 g/mol. The lowest BCUT2D eigenvalue weighted by Gasteiger charge is -2.38. The quantitative estimate of drug-likeness (QED) is 0.442. The molecule has 3 amide bonds. The van der Waals surface area contributed by atoms with Crippen molar-refractivity contribution in [2.75, 3.05) is 0 Å². The van der Waals surface area contributed by atoms with Gasteiger partial charge in [0.1, 0.15) is 17.7 Å². The van der Waals surface area contributed by atoms with Gasteiger partial charge in [-0.05, 0) is 82.9 Å². The minimum atomic E-state index is -0.783. The van der Waals surface area contributed by atoms with Crippen LogP contribution in [0.2, 0.25) is 0 Å². The Balaban J connectivity index is 2.00. The molecule has 0 bridgehead atoms. The molecule has 0 aliphatic heterocycles. The van der Waals surface area contributed by atoms with Crippen LogP contribution in [0.15, 0.2) is 18.2 Å². The van der Waals surface area contributed by atoms with Gasteiger partial charge in [-0.2, -0.15) is 0 Å². The standard InChI is InChI=1S/C30H47N3O4/c1-8-19(2)25(32-29(36)37-30(5,6)7)28(35)33(23-17-18-23)26(24-20(3)13-12-14-21(24)4)27(34)31-22-15-10-9-11-16-22/h12-14,19,22-23,25-26H,8-11,15-18H2,1-7H3,(H,31,34)(H,32,36). The zero-order valence-corrected chi connectivity index (χ0v) is 23.9. The van der Waals surface area contributed by atoms with Crippen LogP contribution in [0.4, 0.5) is 4.79 Å². The van der Waals surface area contributed by atoms with Gasteiger partial charge in [0.25, 0.3) is 0 Å².